The van der Waals surface area contributed by atoms with Gasteiger partial charge in [0, 0.05) is 5.41 Å². The van der Waals surface area contributed by atoms with Crippen molar-refractivity contribution in [2.24, 2.45) is 11.0 Å². The van der Waals surface area contributed by atoms with Crippen LogP contribution in [0, 0.1) is 5.92 Å². The van der Waals surface area contributed by atoms with Gasteiger partial charge in [-0.05, 0) is 53.8 Å². The average Bonchev–Trinajstić information content (AvgIpc) is 3.55. The third kappa shape index (κ3) is 3.86. The lowest BCUT2D eigenvalue weighted by Crippen LogP contribution is -2.26. The zero-order valence-electron chi connectivity index (χ0n) is 17.1. The van der Waals surface area contributed by atoms with Gasteiger partial charge in [-0.1, -0.05) is 74.0 Å². The molecule has 4 heteroatoms. The van der Waals surface area contributed by atoms with Gasteiger partial charge in [0.2, 0.25) is 5.91 Å². The van der Waals surface area contributed by atoms with Crippen LogP contribution in [0.25, 0.3) is 0 Å². The molecule has 0 aromatic heterocycles. The Labute approximate surface area is 177 Å². The Bertz CT molecular complexity index is 988. The maximum absolute atomic E-state index is 13.1. The minimum Gasteiger partial charge on any atom is -0.508 e. The summed E-state index contributed by atoms with van der Waals surface area (Å²) in [6.45, 7) is 2.08. The third-order valence-corrected chi connectivity index (χ3v) is 5.84. The van der Waals surface area contributed by atoms with Crippen LogP contribution in [-0.4, -0.2) is 16.7 Å². The molecule has 0 heterocycles. The highest BCUT2D eigenvalue weighted by molar-refractivity contribution is 6.01. The Morgan fingerprint density at radius 1 is 0.967 bits per heavy atom. The van der Waals surface area contributed by atoms with Gasteiger partial charge in [-0.2, -0.15) is 5.10 Å². The van der Waals surface area contributed by atoms with E-state index < -0.39 is 0 Å². The van der Waals surface area contributed by atoms with Crippen LogP contribution in [-0.2, 0) is 10.2 Å². The summed E-state index contributed by atoms with van der Waals surface area (Å²) in [5, 5.41) is 14.0. The number of benzene rings is 3. The molecule has 152 valence electrons. The first kappa shape index (κ1) is 19.9. The maximum atomic E-state index is 13.1. The first-order valence-corrected chi connectivity index (χ1v) is 10.4. The highest BCUT2D eigenvalue weighted by atomic mass is 16.3. The summed E-state index contributed by atoms with van der Waals surface area (Å²) in [6, 6.07) is 27.4. The molecule has 1 saturated carbocycles. The lowest BCUT2D eigenvalue weighted by Gasteiger charge is -2.18. The Kier molecular flexibility index (Phi) is 5.66. The summed E-state index contributed by atoms with van der Waals surface area (Å²) in [5.41, 5.74) is 6.57. The van der Waals surface area contributed by atoms with Crippen molar-refractivity contribution in [3.63, 3.8) is 0 Å². The number of phenolic OH excluding ortho intramolecular Hbond substituents is 1. The minimum absolute atomic E-state index is 0.0601. The highest BCUT2D eigenvalue weighted by Crippen LogP contribution is 2.58. The predicted molar refractivity (Wildman–Crippen MR) is 119 cm³/mol. The molecule has 0 spiro atoms. The lowest BCUT2D eigenvalue weighted by atomic mass is 9.85. The molecule has 1 atom stereocenters. The zero-order valence-corrected chi connectivity index (χ0v) is 17.1. The number of carbonyl (C=O) groups excluding carboxylic acids is 1. The van der Waals surface area contributed by atoms with Crippen LogP contribution in [0.2, 0.25) is 0 Å². The van der Waals surface area contributed by atoms with Crippen molar-refractivity contribution in [2.45, 2.75) is 31.6 Å². The molecule has 0 radical (unpaired) electrons. The predicted octanol–water partition coefficient (Wildman–Crippen LogP) is 5.02. The maximum Gasteiger partial charge on any atom is 0.244 e. The molecule has 4 nitrogen and oxygen atoms in total. The quantitative estimate of drug-likeness (QED) is 0.434. The van der Waals surface area contributed by atoms with E-state index in [2.05, 4.69) is 41.7 Å². The summed E-state index contributed by atoms with van der Waals surface area (Å²) in [7, 11) is 0. The van der Waals surface area contributed by atoms with Gasteiger partial charge in [0.05, 0.1) is 11.6 Å². The van der Waals surface area contributed by atoms with E-state index in [4.69, 9.17) is 0 Å². The molecule has 3 aromatic carbocycles. The van der Waals surface area contributed by atoms with Crippen molar-refractivity contribution < 1.29 is 9.90 Å². The van der Waals surface area contributed by atoms with Crippen LogP contribution in [0.3, 0.4) is 0 Å². The Hall–Kier alpha value is -3.40. The molecule has 1 unspecified atom stereocenters. The minimum atomic E-state index is -0.300. The highest BCUT2D eigenvalue weighted by Gasteiger charge is 2.60. The molecule has 1 amide bonds. The molecule has 1 aliphatic rings. The van der Waals surface area contributed by atoms with E-state index in [9.17, 15) is 9.90 Å². The van der Waals surface area contributed by atoms with Gasteiger partial charge in [-0.25, -0.2) is 5.43 Å². The van der Waals surface area contributed by atoms with E-state index in [0.717, 1.165) is 41.7 Å². The summed E-state index contributed by atoms with van der Waals surface area (Å²) in [6.07, 6.45) is 2.43. The number of phenols is 1. The first-order valence-electron chi connectivity index (χ1n) is 10.4. The van der Waals surface area contributed by atoms with E-state index in [0.29, 0.717) is 0 Å². The molecular formula is C26H26N2O2. The van der Waals surface area contributed by atoms with Crippen molar-refractivity contribution in [3.8, 4) is 5.75 Å². The van der Waals surface area contributed by atoms with E-state index >= 15 is 0 Å². The average molecular weight is 399 g/mol. The van der Waals surface area contributed by atoms with Gasteiger partial charge in [-0.3, -0.25) is 4.79 Å². The van der Waals surface area contributed by atoms with Gasteiger partial charge >= 0.3 is 0 Å². The van der Waals surface area contributed by atoms with Crippen LogP contribution in [0.15, 0.2) is 90.0 Å². The van der Waals surface area contributed by atoms with Crippen LogP contribution in [0.5, 0.6) is 5.75 Å². The Morgan fingerprint density at radius 3 is 2.07 bits per heavy atom. The lowest BCUT2D eigenvalue weighted by molar-refractivity contribution is -0.122. The number of nitrogens with one attached hydrogen (secondary N) is 1. The number of hydrogen-bond donors (Lipinski definition) is 2. The fourth-order valence-electron chi connectivity index (χ4n) is 4.21. The Balaban J connectivity index is 1.58. The number of amides is 1. The first-order chi connectivity index (χ1) is 14.6. The molecule has 0 bridgehead atoms. The van der Waals surface area contributed by atoms with Gasteiger partial charge in [0.25, 0.3) is 0 Å². The van der Waals surface area contributed by atoms with Crippen LogP contribution >= 0.6 is 0 Å². The standard InChI is InChI=1S/C26H26N2O2/c1-2-9-24(19-14-16-22(29)17-15-19)27-28-25(30)23-18-26(23,20-10-5-3-6-11-20)21-12-7-4-8-13-21/h3-8,10-17,23,29H,2,9,18H2,1H3,(H,28,30)/b27-24+. The Morgan fingerprint density at radius 2 is 1.53 bits per heavy atom. The summed E-state index contributed by atoms with van der Waals surface area (Å²) < 4.78 is 0. The number of rotatable bonds is 7. The van der Waals surface area contributed by atoms with Crippen molar-refractivity contribution in [3.05, 3.63) is 102 Å². The van der Waals surface area contributed by atoms with E-state index in [1.165, 1.54) is 0 Å². The van der Waals surface area contributed by atoms with Crippen LogP contribution in [0.4, 0.5) is 0 Å². The van der Waals surface area contributed by atoms with Crippen molar-refractivity contribution >= 4 is 11.6 Å². The molecule has 3 aromatic rings. The van der Waals surface area contributed by atoms with Crippen LogP contribution < -0.4 is 5.43 Å². The second-order valence-electron chi connectivity index (χ2n) is 7.79. The van der Waals surface area contributed by atoms with Gasteiger partial charge in [0.1, 0.15) is 5.75 Å². The fraction of sp³-hybridized carbons (Fsp3) is 0.231. The van der Waals surface area contributed by atoms with Crippen molar-refractivity contribution in [1.82, 2.24) is 5.43 Å². The topological polar surface area (TPSA) is 61.7 Å². The molecule has 30 heavy (non-hydrogen) atoms. The number of carbonyl (C=O) groups is 1. The van der Waals surface area contributed by atoms with Gasteiger partial charge < -0.3 is 5.11 Å². The van der Waals surface area contributed by atoms with E-state index in [1.54, 1.807) is 12.1 Å². The summed E-state index contributed by atoms with van der Waals surface area (Å²) >= 11 is 0. The molecule has 1 aliphatic carbocycles. The molecule has 4 rings (SSSR count). The third-order valence-electron chi connectivity index (χ3n) is 5.84. The van der Waals surface area contributed by atoms with Gasteiger partial charge in [-0.15, -0.1) is 0 Å². The number of nitrogens with zero attached hydrogens (tertiary/aromatic N) is 1. The van der Waals surface area contributed by atoms with E-state index in [1.807, 2.05) is 48.5 Å². The van der Waals surface area contributed by atoms with E-state index in [-0.39, 0.29) is 23.0 Å². The number of hydrazone groups is 1. The smallest absolute Gasteiger partial charge is 0.244 e. The zero-order chi connectivity index (χ0) is 21.0. The van der Waals surface area contributed by atoms with Crippen molar-refractivity contribution in [1.29, 1.82) is 0 Å². The molecular weight excluding hydrogens is 372 g/mol. The summed E-state index contributed by atoms with van der Waals surface area (Å²) in [4.78, 5) is 13.1. The SMILES string of the molecule is CCC/C(=N\NC(=O)C1CC1(c1ccccc1)c1ccccc1)c1ccc(O)cc1. The largest absolute Gasteiger partial charge is 0.508 e. The molecule has 0 saturated heterocycles. The second-order valence-corrected chi connectivity index (χ2v) is 7.79. The molecule has 1 fully saturated rings. The number of hydrogen-bond acceptors (Lipinski definition) is 3. The number of aromatic hydroxyl groups is 1. The molecule has 0 aliphatic heterocycles. The van der Waals surface area contributed by atoms with Crippen molar-refractivity contribution in [2.75, 3.05) is 0 Å². The van der Waals surface area contributed by atoms with Crippen LogP contribution in [0.1, 0.15) is 42.9 Å². The fourth-order valence-corrected chi connectivity index (χ4v) is 4.21. The monoisotopic (exact) mass is 398 g/mol. The normalized spacial score (nSPS) is 17.4. The summed E-state index contributed by atoms with van der Waals surface area (Å²) in [5.74, 6) is -0.00375. The molecule has 2 N–H and O–H groups in total. The second kappa shape index (κ2) is 8.54. The van der Waals surface area contributed by atoms with Gasteiger partial charge in [0.15, 0.2) is 0 Å².